The van der Waals surface area contributed by atoms with Gasteiger partial charge in [0.25, 0.3) is 0 Å². The lowest BCUT2D eigenvalue weighted by Crippen LogP contribution is -2.38. The molecule has 0 aliphatic heterocycles. The van der Waals surface area contributed by atoms with E-state index in [1.807, 2.05) is 18.2 Å². The quantitative estimate of drug-likeness (QED) is 0.467. The summed E-state index contributed by atoms with van der Waals surface area (Å²) in [6, 6.07) is 7.89. The first-order chi connectivity index (χ1) is 8.77. The molecule has 4 N–H and O–H groups in total. The number of rotatable bonds is 8. The maximum atomic E-state index is 10.3. The van der Waals surface area contributed by atoms with E-state index < -0.39 is 0 Å². The van der Waals surface area contributed by atoms with Crippen molar-refractivity contribution in [3.63, 3.8) is 0 Å². The van der Waals surface area contributed by atoms with Crippen molar-refractivity contribution in [2.45, 2.75) is 19.5 Å². The summed E-state index contributed by atoms with van der Waals surface area (Å²) in [4.78, 5) is 14.0. The highest BCUT2D eigenvalue weighted by Crippen LogP contribution is 2.17. The first-order valence-corrected chi connectivity index (χ1v) is 6.08. The molecule has 1 aromatic carbocycles. The normalized spacial score (nSPS) is 11.9. The molecule has 0 aromatic heterocycles. The molecule has 1 aromatic rings. The van der Waals surface area contributed by atoms with E-state index in [-0.39, 0.29) is 0 Å². The highest BCUT2D eigenvalue weighted by Gasteiger charge is 2.02. The zero-order chi connectivity index (χ0) is 13.2. The van der Waals surface area contributed by atoms with E-state index in [9.17, 15) is 4.79 Å². The summed E-state index contributed by atoms with van der Waals surface area (Å²) in [6.45, 7) is 5.06. The van der Waals surface area contributed by atoms with E-state index in [0.29, 0.717) is 24.8 Å². The highest BCUT2D eigenvalue weighted by atomic mass is 16.1. The van der Waals surface area contributed by atoms with Gasteiger partial charge >= 0.3 is 0 Å². The SMILES string of the molecule is CC(CNCc1ccccc1N=C=O)NCCN. The lowest BCUT2D eigenvalue weighted by atomic mass is 10.2. The third-order valence-electron chi connectivity index (χ3n) is 2.56. The Morgan fingerprint density at radius 3 is 2.94 bits per heavy atom. The van der Waals surface area contributed by atoms with Gasteiger partial charge in [0.2, 0.25) is 6.08 Å². The predicted octanol–water partition coefficient (Wildman–Crippen LogP) is 0.680. The Morgan fingerprint density at radius 1 is 1.44 bits per heavy atom. The van der Waals surface area contributed by atoms with Gasteiger partial charge in [-0.05, 0) is 18.6 Å². The molecule has 18 heavy (non-hydrogen) atoms. The number of isocyanates is 1. The van der Waals surface area contributed by atoms with Gasteiger partial charge < -0.3 is 16.4 Å². The zero-order valence-corrected chi connectivity index (χ0v) is 10.6. The molecule has 0 bridgehead atoms. The average molecular weight is 248 g/mol. The third kappa shape index (κ3) is 5.21. The lowest BCUT2D eigenvalue weighted by molar-refractivity contribution is 0.507. The van der Waals surface area contributed by atoms with Gasteiger partial charge in [0.05, 0.1) is 5.69 Å². The standard InChI is InChI=1S/C13H20N4O/c1-11(16-7-6-14)8-15-9-12-4-2-3-5-13(12)17-10-18/h2-5,11,15-16H,6-9,14H2,1H3. The van der Waals surface area contributed by atoms with Gasteiger partial charge in [0.15, 0.2) is 0 Å². The lowest BCUT2D eigenvalue weighted by Gasteiger charge is -2.14. The molecule has 0 amide bonds. The van der Waals surface area contributed by atoms with E-state index in [1.165, 1.54) is 0 Å². The summed E-state index contributed by atoms with van der Waals surface area (Å²) < 4.78 is 0. The minimum absolute atomic E-state index is 0.357. The second kappa shape index (κ2) is 8.55. The molecule has 98 valence electrons. The number of benzene rings is 1. The number of hydrogen-bond donors (Lipinski definition) is 3. The van der Waals surface area contributed by atoms with Crippen LogP contribution in [0.3, 0.4) is 0 Å². The van der Waals surface area contributed by atoms with E-state index in [2.05, 4.69) is 22.5 Å². The fourth-order valence-electron chi connectivity index (χ4n) is 1.64. The first kappa shape index (κ1) is 14.5. The van der Waals surface area contributed by atoms with Gasteiger partial charge in [-0.1, -0.05) is 18.2 Å². The molecule has 0 aliphatic rings. The van der Waals surface area contributed by atoms with Crippen LogP contribution in [-0.2, 0) is 11.3 Å². The molecule has 0 aliphatic carbocycles. The van der Waals surface area contributed by atoms with Crippen molar-refractivity contribution >= 4 is 11.8 Å². The number of aliphatic imine (C=N–C) groups is 1. The van der Waals surface area contributed by atoms with Crippen LogP contribution in [0.2, 0.25) is 0 Å². The number of para-hydroxylation sites is 1. The number of nitrogens with two attached hydrogens (primary N) is 1. The Balaban J connectivity index is 2.41. The summed E-state index contributed by atoms with van der Waals surface area (Å²) in [5, 5.41) is 6.60. The Morgan fingerprint density at radius 2 is 2.22 bits per heavy atom. The van der Waals surface area contributed by atoms with Crippen LogP contribution >= 0.6 is 0 Å². The maximum Gasteiger partial charge on any atom is 0.240 e. The summed E-state index contributed by atoms with van der Waals surface area (Å²) in [5.74, 6) is 0. The summed E-state index contributed by atoms with van der Waals surface area (Å²) in [7, 11) is 0. The van der Waals surface area contributed by atoms with Crippen LogP contribution in [0.4, 0.5) is 5.69 Å². The van der Waals surface area contributed by atoms with Crippen LogP contribution in [0.25, 0.3) is 0 Å². The van der Waals surface area contributed by atoms with Crippen molar-refractivity contribution in [1.29, 1.82) is 0 Å². The fourth-order valence-corrected chi connectivity index (χ4v) is 1.64. The Bertz CT molecular complexity index is 402. The minimum atomic E-state index is 0.357. The van der Waals surface area contributed by atoms with E-state index in [1.54, 1.807) is 12.1 Å². The van der Waals surface area contributed by atoms with Crippen LogP contribution < -0.4 is 16.4 Å². The van der Waals surface area contributed by atoms with Crippen molar-refractivity contribution in [1.82, 2.24) is 10.6 Å². The van der Waals surface area contributed by atoms with Crippen LogP contribution in [0.5, 0.6) is 0 Å². The minimum Gasteiger partial charge on any atom is -0.329 e. The van der Waals surface area contributed by atoms with E-state index in [0.717, 1.165) is 18.7 Å². The summed E-state index contributed by atoms with van der Waals surface area (Å²) >= 11 is 0. The van der Waals surface area contributed by atoms with Crippen molar-refractivity contribution in [3.05, 3.63) is 29.8 Å². The van der Waals surface area contributed by atoms with Crippen LogP contribution in [0, 0.1) is 0 Å². The molecule has 0 saturated heterocycles. The second-order valence-corrected chi connectivity index (χ2v) is 4.11. The summed E-state index contributed by atoms with van der Waals surface area (Å²) in [6.07, 6.45) is 1.57. The fraction of sp³-hybridized carbons (Fsp3) is 0.462. The van der Waals surface area contributed by atoms with E-state index in [4.69, 9.17) is 5.73 Å². The van der Waals surface area contributed by atoms with Crippen LogP contribution in [0.1, 0.15) is 12.5 Å². The van der Waals surface area contributed by atoms with Crippen LogP contribution in [0.15, 0.2) is 29.3 Å². The monoisotopic (exact) mass is 248 g/mol. The first-order valence-electron chi connectivity index (χ1n) is 6.08. The molecule has 0 saturated carbocycles. The molecule has 0 fully saturated rings. The van der Waals surface area contributed by atoms with Crippen molar-refractivity contribution < 1.29 is 4.79 Å². The maximum absolute atomic E-state index is 10.3. The van der Waals surface area contributed by atoms with Gasteiger partial charge in [-0.3, -0.25) is 0 Å². The molecule has 1 rings (SSSR count). The van der Waals surface area contributed by atoms with Gasteiger partial charge in [-0.15, -0.1) is 0 Å². The smallest absolute Gasteiger partial charge is 0.240 e. The van der Waals surface area contributed by atoms with Gasteiger partial charge in [0.1, 0.15) is 0 Å². The predicted molar refractivity (Wildman–Crippen MR) is 72.4 cm³/mol. The average Bonchev–Trinajstić information content (AvgIpc) is 2.38. The number of nitrogens with one attached hydrogen (secondary N) is 2. The largest absolute Gasteiger partial charge is 0.329 e. The molecular weight excluding hydrogens is 228 g/mol. The van der Waals surface area contributed by atoms with Crippen molar-refractivity contribution in [2.24, 2.45) is 10.7 Å². The third-order valence-corrected chi connectivity index (χ3v) is 2.56. The Labute approximate surface area is 107 Å². The number of hydrogen-bond acceptors (Lipinski definition) is 5. The van der Waals surface area contributed by atoms with Gasteiger partial charge in [-0.25, -0.2) is 4.79 Å². The van der Waals surface area contributed by atoms with Crippen molar-refractivity contribution in [3.8, 4) is 0 Å². The molecular formula is C13H20N4O. The van der Waals surface area contributed by atoms with E-state index >= 15 is 0 Å². The molecule has 0 spiro atoms. The van der Waals surface area contributed by atoms with Gasteiger partial charge in [0, 0.05) is 32.2 Å². The van der Waals surface area contributed by atoms with Crippen molar-refractivity contribution in [2.75, 3.05) is 19.6 Å². The number of carbonyl (C=O) groups excluding carboxylic acids is 1. The number of nitrogens with zero attached hydrogens (tertiary/aromatic N) is 1. The molecule has 1 atom stereocenters. The Kier molecular flexibility index (Phi) is 6.91. The topological polar surface area (TPSA) is 79.5 Å². The zero-order valence-electron chi connectivity index (χ0n) is 10.6. The molecule has 5 heteroatoms. The molecule has 0 heterocycles. The summed E-state index contributed by atoms with van der Waals surface area (Å²) in [5.41, 5.74) is 7.08. The van der Waals surface area contributed by atoms with Crippen LogP contribution in [-0.4, -0.2) is 31.8 Å². The van der Waals surface area contributed by atoms with Gasteiger partial charge in [-0.2, -0.15) is 4.99 Å². The highest BCUT2D eigenvalue weighted by molar-refractivity contribution is 5.53. The molecule has 1 unspecified atom stereocenters. The Hall–Kier alpha value is -1.52. The molecule has 0 radical (unpaired) electrons. The second-order valence-electron chi connectivity index (χ2n) is 4.11. The molecule has 5 nitrogen and oxygen atoms in total.